The summed E-state index contributed by atoms with van der Waals surface area (Å²) in [4.78, 5) is 4.25. The molecule has 0 atom stereocenters. The highest BCUT2D eigenvalue weighted by molar-refractivity contribution is 5.45. The topological polar surface area (TPSA) is 50.9 Å². The summed E-state index contributed by atoms with van der Waals surface area (Å²) in [5.74, 6) is 6.01. The van der Waals surface area contributed by atoms with Crippen molar-refractivity contribution in [2.24, 2.45) is 5.84 Å². The van der Waals surface area contributed by atoms with Gasteiger partial charge in [-0.1, -0.05) is 19.9 Å². The van der Waals surface area contributed by atoms with E-state index in [2.05, 4.69) is 16.5 Å². The summed E-state index contributed by atoms with van der Waals surface area (Å²) in [6.07, 6.45) is 0. The molecule has 1 aromatic heterocycles. The van der Waals surface area contributed by atoms with E-state index in [-0.39, 0.29) is 0 Å². The Morgan fingerprint density at radius 3 is 2.15 bits per heavy atom. The first-order chi connectivity index (χ1) is 6.15. The second-order valence-corrected chi connectivity index (χ2v) is 2.70. The van der Waals surface area contributed by atoms with E-state index >= 15 is 0 Å². The summed E-state index contributed by atoms with van der Waals surface area (Å²) in [6, 6.07) is 2.07. The molecule has 0 amide bonds. The van der Waals surface area contributed by atoms with Gasteiger partial charge in [-0.3, -0.25) is 0 Å². The average molecular weight is 181 g/mol. The number of anilines is 1. The number of hydrogen-bond donors (Lipinski definition) is 2. The van der Waals surface area contributed by atoms with E-state index in [9.17, 15) is 0 Å². The molecular formula is C10H19N3. The number of aryl methyl sites for hydroxylation is 3. The summed E-state index contributed by atoms with van der Waals surface area (Å²) in [5.41, 5.74) is 5.84. The van der Waals surface area contributed by atoms with Crippen LogP contribution in [0, 0.1) is 20.8 Å². The predicted octanol–water partition coefficient (Wildman–Crippen LogP) is 2.32. The maximum atomic E-state index is 5.26. The van der Waals surface area contributed by atoms with Gasteiger partial charge in [-0.05, 0) is 31.9 Å². The normalized spacial score (nSPS) is 8.77. The van der Waals surface area contributed by atoms with Crippen LogP contribution in [0.4, 0.5) is 5.82 Å². The molecule has 0 aliphatic rings. The van der Waals surface area contributed by atoms with Crippen molar-refractivity contribution in [2.75, 3.05) is 5.43 Å². The molecule has 0 bridgehead atoms. The molecule has 13 heavy (non-hydrogen) atoms. The zero-order valence-electron chi connectivity index (χ0n) is 9.10. The number of nitrogen functional groups attached to an aromatic ring is 1. The maximum Gasteiger partial charge on any atom is 0.143 e. The zero-order valence-corrected chi connectivity index (χ0v) is 9.10. The first-order valence-corrected chi connectivity index (χ1v) is 4.56. The van der Waals surface area contributed by atoms with Gasteiger partial charge in [0.1, 0.15) is 5.82 Å². The molecule has 0 unspecified atom stereocenters. The first kappa shape index (κ1) is 11.9. The minimum absolute atomic E-state index is 0.758. The summed E-state index contributed by atoms with van der Waals surface area (Å²) < 4.78 is 0. The van der Waals surface area contributed by atoms with Crippen molar-refractivity contribution >= 4 is 5.82 Å². The average Bonchev–Trinajstić information content (AvgIpc) is 2.15. The Bertz CT molecular complexity index is 269. The minimum atomic E-state index is 0.758. The molecule has 0 aliphatic carbocycles. The second-order valence-electron chi connectivity index (χ2n) is 2.70. The Morgan fingerprint density at radius 1 is 1.15 bits per heavy atom. The van der Waals surface area contributed by atoms with E-state index in [0.717, 1.165) is 17.1 Å². The van der Waals surface area contributed by atoms with Gasteiger partial charge in [-0.2, -0.15) is 0 Å². The van der Waals surface area contributed by atoms with E-state index in [1.807, 2.05) is 34.6 Å². The van der Waals surface area contributed by atoms with Crippen LogP contribution in [0.1, 0.15) is 30.7 Å². The third-order valence-electron chi connectivity index (χ3n) is 1.79. The lowest BCUT2D eigenvalue weighted by atomic mass is 10.1. The van der Waals surface area contributed by atoms with Crippen LogP contribution in [0.3, 0.4) is 0 Å². The third-order valence-corrected chi connectivity index (χ3v) is 1.79. The van der Waals surface area contributed by atoms with Crippen molar-refractivity contribution in [2.45, 2.75) is 34.6 Å². The van der Waals surface area contributed by atoms with E-state index in [0.29, 0.717) is 0 Å². The number of nitrogens with two attached hydrogens (primary N) is 1. The number of aromatic nitrogens is 1. The van der Waals surface area contributed by atoms with E-state index in [1.54, 1.807) is 0 Å². The van der Waals surface area contributed by atoms with Gasteiger partial charge in [0, 0.05) is 5.69 Å². The van der Waals surface area contributed by atoms with E-state index in [1.165, 1.54) is 5.56 Å². The highest BCUT2D eigenvalue weighted by Crippen LogP contribution is 2.13. The molecule has 0 radical (unpaired) electrons. The molecule has 3 heteroatoms. The van der Waals surface area contributed by atoms with Crippen molar-refractivity contribution < 1.29 is 0 Å². The van der Waals surface area contributed by atoms with Crippen molar-refractivity contribution in [3.05, 3.63) is 22.9 Å². The van der Waals surface area contributed by atoms with Gasteiger partial charge in [-0.25, -0.2) is 10.8 Å². The number of nitrogens with one attached hydrogen (secondary N) is 1. The number of nitrogens with zero attached hydrogens (tertiary/aromatic N) is 1. The predicted molar refractivity (Wildman–Crippen MR) is 57.6 cm³/mol. The molecule has 0 saturated heterocycles. The van der Waals surface area contributed by atoms with E-state index in [4.69, 9.17) is 5.84 Å². The van der Waals surface area contributed by atoms with Gasteiger partial charge in [-0.15, -0.1) is 0 Å². The Hall–Kier alpha value is -1.09. The van der Waals surface area contributed by atoms with Gasteiger partial charge >= 0.3 is 0 Å². The van der Waals surface area contributed by atoms with Crippen molar-refractivity contribution in [1.82, 2.24) is 4.98 Å². The number of hydrazine groups is 1. The summed E-state index contributed by atoms with van der Waals surface area (Å²) >= 11 is 0. The fraction of sp³-hybridized carbons (Fsp3) is 0.500. The molecule has 0 aliphatic heterocycles. The van der Waals surface area contributed by atoms with Gasteiger partial charge in [0.05, 0.1) is 0 Å². The van der Waals surface area contributed by atoms with Crippen LogP contribution in [-0.4, -0.2) is 4.98 Å². The Morgan fingerprint density at radius 2 is 1.69 bits per heavy atom. The summed E-state index contributed by atoms with van der Waals surface area (Å²) in [5, 5.41) is 0. The standard InChI is InChI=1S/C8H13N3.C2H6/c1-5-4-6(2)8(11-9)10-7(5)3;1-2/h4H,9H2,1-3H3,(H,10,11);1-2H3. The van der Waals surface area contributed by atoms with Gasteiger partial charge in [0.2, 0.25) is 0 Å². The van der Waals surface area contributed by atoms with Crippen LogP contribution in [0.15, 0.2) is 6.07 Å². The molecule has 0 spiro atoms. The lowest BCUT2D eigenvalue weighted by Gasteiger charge is -2.06. The van der Waals surface area contributed by atoms with Crippen LogP contribution in [0.2, 0.25) is 0 Å². The summed E-state index contributed by atoms with van der Waals surface area (Å²) in [6.45, 7) is 9.99. The third kappa shape index (κ3) is 3.03. The fourth-order valence-electron chi connectivity index (χ4n) is 0.988. The molecule has 0 aromatic carbocycles. The van der Waals surface area contributed by atoms with Crippen molar-refractivity contribution in [3.63, 3.8) is 0 Å². The molecule has 3 nitrogen and oxygen atoms in total. The molecule has 0 saturated carbocycles. The van der Waals surface area contributed by atoms with Gasteiger partial charge in [0.25, 0.3) is 0 Å². The SMILES string of the molecule is CC.Cc1cc(C)c(NN)nc1C. The largest absolute Gasteiger partial charge is 0.308 e. The van der Waals surface area contributed by atoms with Crippen LogP contribution in [-0.2, 0) is 0 Å². The van der Waals surface area contributed by atoms with Crippen LogP contribution in [0.25, 0.3) is 0 Å². The molecule has 1 aromatic rings. The smallest absolute Gasteiger partial charge is 0.143 e. The molecule has 0 fully saturated rings. The van der Waals surface area contributed by atoms with E-state index < -0.39 is 0 Å². The quantitative estimate of drug-likeness (QED) is 0.516. The maximum absolute atomic E-state index is 5.26. The Balaban J connectivity index is 0.000000671. The Kier molecular flexibility index (Phi) is 5.07. The Labute approximate surface area is 80.3 Å². The molecule has 74 valence electrons. The van der Waals surface area contributed by atoms with Gasteiger partial charge in [0.15, 0.2) is 0 Å². The monoisotopic (exact) mass is 181 g/mol. The highest BCUT2D eigenvalue weighted by atomic mass is 15.2. The zero-order chi connectivity index (χ0) is 10.4. The number of rotatable bonds is 1. The molecule has 1 heterocycles. The second kappa shape index (κ2) is 5.54. The first-order valence-electron chi connectivity index (χ1n) is 4.56. The van der Waals surface area contributed by atoms with Gasteiger partial charge < -0.3 is 5.43 Å². The van der Waals surface area contributed by atoms with Crippen molar-refractivity contribution in [3.8, 4) is 0 Å². The van der Waals surface area contributed by atoms with Crippen LogP contribution < -0.4 is 11.3 Å². The molecular weight excluding hydrogens is 162 g/mol. The lowest BCUT2D eigenvalue weighted by molar-refractivity contribution is 1.10. The number of hydrogen-bond acceptors (Lipinski definition) is 3. The fourth-order valence-corrected chi connectivity index (χ4v) is 0.988. The van der Waals surface area contributed by atoms with Crippen LogP contribution >= 0.6 is 0 Å². The number of pyridine rings is 1. The molecule has 1 rings (SSSR count). The summed E-state index contributed by atoms with van der Waals surface area (Å²) in [7, 11) is 0. The molecule has 3 N–H and O–H groups in total. The van der Waals surface area contributed by atoms with Crippen LogP contribution in [0.5, 0.6) is 0 Å². The lowest BCUT2D eigenvalue weighted by Crippen LogP contribution is -2.11. The van der Waals surface area contributed by atoms with Crippen molar-refractivity contribution in [1.29, 1.82) is 0 Å². The highest BCUT2D eigenvalue weighted by Gasteiger charge is 2.00. The minimum Gasteiger partial charge on any atom is -0.308 e.